The molecular formula is C17H22N4O2. The van der Waals surface area contributed by atoms with Gasteiger partial charge in [0.15, 0.2) is 0 Å². The first kappa shape index (κ1) is 16.7. The summed E-state index contributed by atoms with van der Waals surface area (Å²) in [6, 6.07) is 7.39. The third-order valence-corrected chi connectivity index (χ3v) is 3.08. The Morgan fingerprint density at radius 2 is 2.09 bits per heavy atom. The Morgan fingerprint density at radius 1 is 1.22 bits per heavy atom. The van der Waals surface area contributed by atoms with E-state index in [1.165, 1.54) is 0 Å². The third kappa shape index (κ3) is 5.25. The molecule has 0 atom stereocenters. The van der Waals surface area contributed by atoms with Crippen molar-refractivity contribution in [1.82, 2.24) is 15.3 Å². The average Bonchev–Trinajstić information content (AvgIpc) is 2.59. The number of pyridine rings is 2. The average molecular weight is 314 g/mol. The zero-order chi connectivity index (χ0) is 16.5. The minimum atomic E-state index is -0.171. The number of hydrogen-bond acceptors (Lipinski definition) is 5. The lowest BCUT2D eigenvalue weighted by Gasteiger charge is -2.09. The fourth-order valence-electron chi connectivity index (χ4n) is 1.93. The molecule has 2 aromatic rings. The highest BCUT2D eigenvalue weighted by Crippen LogP contribution is 2.12. The Hall–Kier alpha value is -2.63. The van der Waals surface area contributed by atoms with Gasteiger partial charge in [0.2, 0.25) is 5.88 Å². The van der Waals surface area contributed by atoms with Crippen LogP contribution in [0.1, 0.15) is 36.3 Å². The Bertz CT molecular complexity index is 629. The van der Waals surface area contributed by atoms with Crippen LogP contribution in [0.3, 0.4) is 0 Å². The summed E-state index contributed by atoms with van der Waals surface area (Å²) >= 11 is 0. The summed E-state index contributed by atoms with van der Waals surface area (Å²) in [5.41, 5.74) is 2.27. The van der Waals surface area contributed by atoms with Crippen molar-refractivity contribution >= 4 is 11.6 Å². The number of hydrogen-bond donors (Lipinski definition) is 2. The van der Waals surface area contributed by atoms with Gasteiger partial charge in [-0.3, -0.25) is 9.78 Å². The predicted octanol–water partition coefficient (Wildman–Crippen LogP) is 2.63. The van der Waals surface area contributed by atoms with Crippen molar-refractivity contribution in [3.8, 4) is 5.88 Å². The molecule has 0 saturated heterocycles. The molecule has 1 amide bonds. The second-order valence-corrected chi connectivity index (χ2v) is 5.00. The van der Waals surface area contributed by atoms with Gasteiger partial charge in [0.25, 0.3) is 5.91 Å². The van der Waals surface area contributed by atoms with Crippen molar-refractivity contribution in [1.29, 1.82) is 0 Å². The molecule has 6 heteroatoms. The highest BCUT2D eigenvalue weighted by Gasteiger charge is 2.06. The van der Waals surface area contributed by atoms with Crippen LogP contribution >= 0.6 is 0 Å². The summed E-state index contributed by atoms with van der Waals surface area (Å²) in [5.74, 6) is 0.466. The summed E-state index contributed by atoms with van der Waals surface area (Å²) in [6.07, 6.45) is 4.36. The molecule has 6 nitrogen and oxygen atoms in total. The first-order valence-electron chi connectivity index (χ1n) is 7.78. The molecule has 0 unspecified atom stereocenters. The van der Waals surface area contributed by atoms with Crippen LogP contribution in [0.25, 0.3) is 0 Å². The standard InChI is InChI=1S/C17H22N4O2/c1-3-9-23-16-6-5-13(12-21-16)11-20-14-7-8-19-15(10-14)17(22)18-4-2/h5-8,10,12H,3-4,9,11H2,1-2H3,(H,18,22)(H,19,20). The molecule has 23 heavy (non-hydrogen) atoms. The van der Waals surface area contributed by atoms with E-state index in [1.54, 1.807) is 18.5 Å². The molecule has 0 spiro atoms. The second kappa shape index (κ2) is 8.73. The summed E-state index contributed by atoms with van der Waals surface area (Å²) in [5, 5.41) is 5.99. The van der Waals surface area contributed by atoms with Gasteiger partial charge in [0, 0.05) is 37.2 Å². The molecule has 2 rings (SSSR count). The van der Waals surface area contributed by atoms with Crippen LogP contribution in [0.5, 0.6) is 5.88 Å². The zero-order valence-electron chi connectivity index (χ0n) is 13.5. The lowest BCUT2D eigenvalue weighted by molar-refractivity contribution is 0.0951. The van der Waals surface area contributed by atoms with Crippen molar-refractivity contribution in [2.75, 3.05) is 18.5 Å². The fraction of sp³-hybridized carbons (Fsp3) is 0.353. The Balaban J connectivity index is 1.92. The van der Waals surface area contributed by atoms with Crippen LogP contribution in [0.4, 0.5) is 5.69 Å². The van der Waals surface area contributed by atoms with Gasteiger partial charge in [0.1, 0.15) is 5.69 Å². The van der Waals surface area contributed by atoms with E-state index in [0.717, 1.165) is 17.7 Å². The third-order valence-electron chi connectivity index (χ3n) is 3.08. The maximum atomic E-state index is 11.8. The Labute approximate surface area is 136 Å². The molecule has 2 N–H and O–H groups in total. The van der Waals surface area contributed by atoms with E-state index >= 15 is 0 Å². The number of nitrogens with zero attached hydrogens (tertiary/aromatic N) is 2. The number of carbonyl (C=O) groups is 1. The monoisotopic (exact) mass is 314 g/mol. The van der Waals surface area contributed by atoms with Crippen LogP contribution in [-0.4, -0.2) is 29.0 Å². The smallest absolute Gasteiger partial charge is 0.269 e. The van der Waals surface area contributed by atoms with E-state index in [4.69, 9.17) is 4.74 Å². The molecule has 0 saturated carbocycles. The quantitative estimate of drug-likeness (QED) is 0.783. The lowest BCUT2D eigenvalue weighted by Crippen LogP contribution is -2.23. The number of carbonyl (C=O) groups excluding carboxylic acids is 1. The minimum absolute atomic E-state index is 0.171. The Morgan fingerprint density at radius 3 is 2.78 bits per heavy atom. The molecule has 0 bridgehead atoms. The van der Waals surface area contributed by atoms with E-state index in [1.807, 2.05) is 25.1 Å². The van der Waals surface area contributed by atoms with Gasteiger partial charge in [-0.2, -0.15) is 0 Å². The Kier molecular flexibility index (Phi) is 6.35. The largest absolute Gasteiger partial charge is 0.478 e. The molecule has 0 fully saturated rings. The number of ether oxygens (including phenoxy) is 1. The van der Waals surface area contributed by atoms with Gasteiger partial charge in [-0.25, -0.2) is 4.98 Å². The van der Waals surface area contributed by atoms with Crippen LogP contribution in [0, 0.1) is 0 Å². The zero-order valence-corrected chi connectivity index (χ0v) is 13.5. The van der Waals surface area contributed by atoms with Crippen molar-refractivity contribution in [2.45, 2.75) is 26.8 Å². The maximum absolute atomic E-state index is 11.8. The van der Waals surface area contributed by atoms with Gasteiger partial charge < -0.3 is 15.4 Å². The highest BCUT2D eigenvalue weighted by molar-refractivity contribution is 5.93. The summed E-state index contributed by atoms with van der Waals surface area (Å²) in [4.78, 5) is 20.1. The number of aromatic nitrogens is 2. The van der Waals surface area contributed by atoms with Gasteiger partial charge >= 0.3 is 0 Å². The fourth-order valence-corrected chi connectivity index (χ4v) is 1.93. The summed E-state index contributed by atoms with van der Waals surface area (Å²) in [7, 11) is 0. The SMILES string of the molecule is CCCOc1ccc(CNc2ccnc(C(=O)NCC)c2)cn1. The number of nitrogens with one attached hydrogen (secondary N) is 2. The summed E-state index contributed by atoms with van der Waals surface area (Å²) < 4.78 is 5.45. The lowest BCUT2D eigenvalue weighted by atomic mass is 10.2. The summed E-state index contributed by atoms with van der Waals surface area (Å²) in [6.45, 7) is 5.79. The molecule has 2 heterocycles. The number of anilines is 1. The maximum Gasteiger partial charge on any atom is 0.269 e. The van der Waals surface area contributed by atoms with Crippen molar-refractivity contribution in [2.24, 2.45) is 0 Å². The van der Waals surface area contributed by atoms with E-state index in [9.17, 15) is 4.79 Å². The van der Waals surface area contributed by atoms with Crippen LogP contribution in [-0.2, 0) is 6.54 Å². The van der Waals surface area contributed by atoms with Crippen molar-refractivity contribution < 1.29 is 9.53 Å². The molecule has 0 aliphatic rings. The number of rotatable bonds is 8. The van der Waals surface area contributed by atoms with Gasteiger partial charge in [0.05, 0.1) is 6.61 Å². The van der Waals surface area contributed by atoms with Crippen LogP contribution in [0.15, 0.2) is 36.7 Å². The molecule has 0 aliphatic heterocycles. The van der Waals surface area contributed by atoms with Gasteiger partial charge in [-0.15, -0.1) is 0 Å². The topological polar surface area (TPSA) is 76.1 Å². The first-order chi connectivity index (χ1) is 11.2. The van der Waals surface area contributed by atoms with Crippen molar-refractivity contribution in [3.63, 3.8) is 0 Å². The second-order valence-electron chi connectivity index (χ2n) is 5.00. The van der Waals surface area contributed by atoms with Gasteiger partial charge in [-0.1, -0.05) is 13.0 Å². The first-order valence-corrected chi connectivity index (χ1v) is 7.78. The molecule has 0 aromatic carbocycles. The van der Waals surface area contributed by atoms with E-state index in [0.29, 0.717) is 31.3 Å². The number of amides is 1. The molecule has 2 aromatic heterocycles. The van der Waals surface area contributed by atoms with Crippen molar-refractivity contribution in [3.05, 3.63) is 47.9 Å². The molecular weight excluding hydrogens is 292 g/mol. The predicted molar refractivity (Wildman–Crippen MR) is 89.6 cm³/mol. The van der Waals surface area contributed by atoms with E-state index < -0.39 is 0 Å². The normalized spacial score (nSPS) is 10.2. The van der Waals surface area contributed by atoms with Gasteiger partial charge in [-0.05, 0) is 31.0 Å². The van der Waals surface area contributed by atoms with E-state index in [-0.39, 0.29) is 5.91 Å². The van der Waals surface area contributed by atoms with Crippen LogP contribution < -0.4 is 15.4 Å². The molecule has 0 aliphatic carbocycles. The molecule has 122 valence electrons. The minimum Gasteiger partial charge on any atom is -0.478 e. The highest BCUT2D eigenvalue weighted by atomic mass is 16.5. The van der Waals surface area contributed by atoms with E-state index in [2.05, 4.69) is 27.5 Å². The van der Waals surface area contributed by atoms with Crippen LogP contribution in [0.2, 0.25) is 0 Å². The molecule has 0 radical (unpaired) electrons.